The highest BCUT2D eigenvalue weighted by molar-refractivity contribution is 7.88. The predicted molar refractivity (Wildman–Crippen MR) is 138 cm³/mol. The van der Waals surface area contributed by atoms with Gasteiger partial charge in [-0.15, -0.1) is 0 Å². The first kappa shape index (κ1) is 22.9. The molecule has 0 bridgehead atoms. The number of aryl methyl sites for hydroxylation is 2. The largest absolute Gasteiger partial charge is 0.340 e. The van der Waals surface area contributed by atoms with Crippen LogP contribution in [0.4, 0.5) is 23.1 Å². The lowest BCUT2D eigenvalue weighted by Gasteiger charge is -2.15. The molecule has 2 aromatic heterocycles. The second-order valence-corrected chi connectivity index (χ2v) is 10.5. The van der Waals surface area contributed by atoms with E-state index >= 15 is 0 Å². The van der Waals surface area contributed by atoms with Crippen LogP contribution in [0.15, 0.2) is 73.2 Å². The first-order chi connectivity index (χ1) is 16.8. The van der Waals surface area contributed by atoms with E-state index in [4.69, 9.17) is 0 Å². The van der Waals surface area contributed by atoms with E-state index in [1.165, 1.54) is 6.26 Å². The summed E-state index contributed by atoms with van der Waals surface area (Å²) in [5.74, 6) is 1.16. The molecule has 2 aromatic carbocycles. The molecule has 178 valence electrons. The Morgan fingerprint density at radius 1 is 0.943 bits per heavy atom. The minimum Gasteiger partial charge on any atom is -0.340 e. The predicted octanol–water partition coefficient (Wildman–Crippen LogP) is 4.87. The fourth-order valence-electron chi connectivity index (χ4n) is 4.24. The zero-order valence-electron chi connectivity index (χ0n) is 19.5. The number of hydrogen-bond acceptors (Lipinski definition) is 7. The van der Waals surface area contributed by atoms with E-state index in [-0.39, 0.29) is 6.04 Å². The second-order valence-electron chi connectivity index (χ2n) is 8.69. The van der Waals surface area contributed by atoms with Crippen LogP contribution in [0.1, 0.15) is 29.2 Å². The third-order valence-corrected chi connectivity index (χ3v) is 6.66. The number of hydrogen-bond donors (Lipinski definition) is 3. The summed E-state index contributed by atoms with van der Waals surface area (Å²) in [7, 11) is -3.29. The van der Waals surface area contributed by atoms with Crippen molar-refractivity contribution in [3.8, 4) is 11.1 Å². The summed E-state index contributed by atoms with van der Waals surface area (Å²) in [6.45, 7) is 1.94. The van der Waals surface area contributed by atoms with E-state index in [2.05, 4.69) is 30.3 Å². The summed E-state index contributed by atoms with van der Waals surface area (Å²) >= 11 is 0. The van der Waals surface area contributed by atoms with Gasteiger partial charge in [-0.05, 0) is 72.4 Å². The van der Waals surface area contributed by atoms with Crippen LogP contribution in [-0.2, 0) is 16.4 Å². The number of anilines is 4. The molecule has 3 N–H and O–H groups in total. The maximum Gasteiger partial charge on any atom is 0.229 e. The summed E-state index contributed by atoms with van der Waals surface area (Å²) < 4.78 is 26.2. The quantitative estimate of drug-likeness (QED) is 0.342. The van der Waals surface area contributed by atoms with Gasteiger partial charge in [0.25, 0.3) is 0 Å². The number of sulfonamides is 1. The van der Waals surface area contributed by atoms with Crippen LogP contribution in [0, 0.1) is 6.92 Å². The van der Waals surface area contributed by atoms with E-state index in [0.717, 1.165) is 52.0 Å². The number of aromatic nitrogens is 3. The highest BCUT2D eigenvalue weighted by Gasteiger charge is 2.25. The highest BCUT2D eigenvalue weighted by atomic mass is 32.2. The minimum atomic E-state index is -3.29. The molecule has 4 aromatic rings. The van der Waals surface area contributed by atoms with Crippen molar-refractivity contribution in [2.75, 3.05) is 16.9 Å². The Morgan fingerprint density at radius 3 is 2.49 bits per heavy atom. The first-order valence-electron chi connectivity index (χ1n) is 11.3. The number of benzene rings is 2. The van der Waals surface area contributed by atoms with Crippen LogP contribution in [0.3, 0.4) is 0 Å². The third kappa shape index (κ3) is 5.47. The van der Waals surface area contributed by atoms with Gasteiger partial charge in [0.2, 0.25) is 16.0 Å². The van der Waals surface area contributed by atoms with E-state index in [1.54, 1.807) is 12.4 Å². The normalized spacial score (nSPS) is 15.0. The van der Waals surface area contributed by atoms with Crippen LogP contribution in [0.25, 0.3) is 11.1 Å². The first-order valence-corrected chi connectivity index (χ1v) is 13.2. The second kappa shape index (κ2) is 9.44. The lowest BCUT2D eigenvalue weighted by Crippen LogP contribution is -2.25. The van der Waals surface area contributed by atoms with Crippen molar-refractivity contribution in [2.24, 2.45) is 0 Å². The summed E-state index contributed by atoms with van der Waals surface area (Å²) in [6.07, 6.45) is 8.16. The van der Waals surface area contributed by atoms with Gasteiger partial charge in [0.1, 0.15) is 5.82 Å². The fraction of sp³-hybridized carbons (Fsp3) is 0.192. The van der Waals surface area contributed by atoms with Crippen molar-refractivity contribution >= 4 is 33.2 Å². The molecule has 0 spiro atoms. The van der Waals surface area contributed by atoms with Gasteiger partial charge in [0.15, 0.2) is 0 Å². The van der Waals surface area contributed by atoms with E-state index < -0.39 is 10.0 Å². The average Bonchev–Trinajstić information content (AvgIpc) is 3.23. The van der Waals surface area contributed by atoms with Crippen LogP contribution in [0.5, 0.6) is 0 Å². The molecule has 0 saturated heterocycles. The van der Waals surface area contributed by atoms with Gasteiger partial charge in [0, 0.05) is 41.6 Å². The van der Waals surface area contributed by atoms with E-state index in [9.17, 15) is 8.42 Å². The standard InChI is InChI=1S/C26H26N6O2S/c1-17-15-28-26(30-21-9-5-18(6-10-21)20-4-3-13-27-16-20)31-25(17)29-22-11-7-19-8-12-24(23(19)14-22)32-35(2,33)34/h3-7,9-11,13-16,24,32H,8,12H2,1-2H3,(H2,28,29,30,31). The molecule has 1 unspecified atom stereocenters. The van der Waals surface area contributed by atoms with Gasteiger partial charge >= 0.3 is 0 Å². The number of pyridine rings is 1. The smallest absolute Gasteiger partial charge is 0.229 e. The molecule has 0 aliphatic heterocycles. The molecule has 8 nitrogen and oxygen atoms in total. The Hall–Kier alpha value is -3.82. The zero-order valence-corrected chi connectivity index (χ0v) is 20.3. The Morgan fingerprint density at radius 2 is 1.74 bits per heavy atom. The maximum atomic E-state index is 11.7. The molecule has 0 saturated carbocycles. The molecule has 2 heterocycles. The molecule has 9 heteroatoms. The van der Waals surface area contributed by atoms with Crippen molar-refractivity contribution in [1.82, 2.24) is 19.7 Å². The molecule has 35 heavy (non-hydrogen) atoms. The third-order valence-electron chi connectivity index (χ3n) is 5.95. The van der Waals surface area contributed by atoms with Gasteiger partial charge in [-0.25, -0.2) is 18.1 Å². The molecule has 0 radical (unpaired) electrons. The summed E-state index contributed by atoms with van der Waals surface area (Å²) in [4.78, 5) is 13.2. The molecule has 1 aliphatic rings. The molecule has 1 atom stereocenters. The molecule has 0 amide bonds. The molecule has 0 fully saturated rings. The van der Waals surface area contributed by atoms with Crippen LogP contribution < -0.4 is 15.4 Å². The van der Waals surface area contributed by atoms with Crippen molar-refractivity contribution in [2.45, 2.75) is 25.8 Å². The Kier molecular flexibility index (Phi) is 6.19. The Labute approximate surface area is 204 Å². The number of fused-ring (bicyclic) bond motifs is 1. The minimum absolute atomic E-state index is 0.208. The maximum absolute atomic E-state index is 11.7. The Bertz CT molecular complexity index is 1460. The number of nitrogens with zero attached hydrogens (tertiary/aromatic N) is 3. The van der Waals surface area contributed by atoms with Gasteiger partial charge < -0.3 is 10.6 Å². The molecular weight excluding hydrogens is 460 g/mol. The van der Waals surface area contributed by atoms with Gasteiger partial charge in [-0.1, -0.05) is 24.3 Å². The molecular formula is C26H26N6O2S. The topological polar surface area (TPSA) is 109 Å². The van der Waals surface area contributed by atoms with E-state index in [1.807, 2.05) is 67.7 Å². The average molecular weight is 487 g/mol. The van der Waals surface area contributed by atoms with Crippen molar-refractivity contribution in [1.29, 1.82) is 0 Å². The van der Waals surface area contributed by atoms with Crippen molar-refractivity contribution in [3.63, 3.8) is 0 Å². The Balaban J connectivity index is 1.33. The van der Waals surface area contributed by atoms with Crippen LogP contribution >= 0.6 is 0 Å². The zero-order chi connectivity index (χ0) is 24.4. The van der Waals surface area contributed by atoms with Gasteiger partial charge in [0.05, 0.1) is 6.26 Å². The summed E-state index contributed by atoms with van der Waals surface area (Å²) in [5, 5.41) is 6.62. The van der Waals surface area contributed by atoms with Crippen molar-refractivity contribution < 1.29 is 8.42 Å². The SMILES string of the molecule is Cc1cnc(Nc2ccc(-c3cccnc3)cc2)nc1Nc1ccc2c(c1)C(NS(C)(=O)=O)CC2. The molecule has 5 rings (SSSR count). The number of rotatable bonds is 7. The highest BCUT2D eigenvalue weighted by Crippen LogP contribution is 2.34. The van der Waals surface area contributed by atoms with Crippen LogP contribution in [0.2, 0.25) is 0 Å². The number of nitrogens with one attached hydrogen (secondary N) is 3. The van der Waals surface area contributed by atoms with Crippen molar-refractivity contribution in [3.05, 3.63) is 89.9 Å². The molecule has 1 aliphatic carbocycles. The monoisotopic (exact) mass is 486 g/mol. The fourth-order valence-corrected chi connectivity index (χ4v) is 5.00. The summed E-state index contributed by atoms with van der Waals surface area (Å²) in [5.41, 5.74) is 6.91. The lowest BCUT2D eigenvalue weighted by molar-refractivity contribution is 0.560. The van der Waals surface area contributed by atoms with Gasteiger partial charge in [-0.3, -0.25) is 4.98 Å². The van der Waals surface area contributed by atoms with E-state index in [0.29, 0.717) is 11.8 Å². The van der Waals surface area contributed by atoms with Crippen LogP contribution in [-0.4, -0.2) is 29.6 Å². The lowest BCUT2D eigenvalue weighted by atomic mass is 10.1. The summed E-state index contributed by atoms with van der Waals surface area (Å²) in [6, 6.07) is 17.8. The van der Waals surface area contributed by atoms with Gasteiger partial charge in [-0.2, -0.15) is 4.98 Å².